The number of phosphoric acid groups is 1. The fourth-order valence-electron chi connectivity index (χ4n) is 6.10. The Hall–Kier alpha value is -1.73. The molecule has 0 radical (unpaired) electrons. The van der Waals surface area contributed by atoms with Gasteiger partial charge in [0.05, 0.1) is 6.61 Å². The van der Waals surface area contributed by atoms with Gasteiger partial charge in [-0.25, -0.2) is 4.57 Å². The van der Waals surface area contributed by atoms with Crippen molar-refractivity contribution in [3.63, 3.8) is 0 Å². The second-order valence-electron chi connectivity index (χ2n) is 14.7. The summed E-state index contributed by atoms with van der Waals surface area (Å²) in [5.74, 6) is -0.895. The summed E-state index contributed by atoms with van der Waals surface area (Å²) in [5, 5.41) is 0. The van der Waals surface area contributed by atoms with Gasteiger partial charge in [-0.2, -0.15) is 0 Å². The predicted octanol–water partition coefficient (Wildman–Crippen LogP) is 13.4. The standard InChI is InChI=1S/C44H81O8P/c1-3-5-7-9-11-13-15-17-19-21-22-23-25-27-29-31-33-35-37-39-44(46)52-42(41-51-53(47,48)49)40-50-43(45)38-36-34-32-30-28-26-24-20-18-16-14-12-10-8-6-4-2/h11,13,17,19-20,24,42H,3-10,12,14-16,18,21-23,25-41H2,1-2H3,(H2,47,48,49)/b13-11-,19-17-,24-20-/t42-/m1/s1. The summed E-state index contributed by atoms with van der Waals surface area (Å²) in [4.78, 5) is 42.9. The van der Waals surface area contributed by atoms with Crippen LogP contribution in [0.3, 0.4) is 0 Å². The zero-order valence-electron chi connectivity index (χ0n) is 34.2. The fraction of sp³-hybridized carbons (Fsp3) is 0.818. The number of carbonyl (C=O) groups excluding carboxylic acids is 2. The second-order valence-corrected chi connectivity index (χ2v) is 15.9. The molecule has 0 saturated heterocycles. The fourth-order valence-corrected chi connectivity index (χ4v) is 6.46. The zero-order chi connectivity index (χ0) is 38.9. The molecule has 9 heteroatoms. The Labute approximate surface area is 325 Å². The van der Waals surface area contributed by atoms with Crippen molar-refractivity contribution in [1.82, 2.24) is 0 Å². The van der Waals surface area contributed by atoms with Crippen LogP contribution in [0.4, 0.5) is 0 Å². The highest BCUT2D eigenvalue weighted by Crippen LogP contribution is 2.36. The van der Waals surface area contributed by atoms with Gasteiger partial charge in [-0.3, -0.25) is 14.1 Å². The number of allylic oxidation sites excluding steroid dienone is 6. The van der Waals surface area contributed by atoms with Gasteiger partial charge in [-0.1, -0.05) is 166 Å². The average Bonchev–Trinajstić information content (AvgIpc) is 3.13. The first-order chi connectivity index (χ1) is 25.8. The highest BCUT2D eigenvalue weighted by Gasteiger charge is 2.22. The Kier molecular flexibility index (Phi) is 38.6. The van der Waals surface area contributed by atoms with E-state index in [2.05, 4.69) is 54.8 Å². The summed E-state index contributed by atoms with van der Waals surface area (Å²) in [7, 11) is -4.76. The molecular weight excluding hydrogens is 687 g/mol. The van der Waals surface area contributed by atoms with Crippen molar-refractivity contribution in [3.05, 3.63) is 36.5 Å². The van der Waals surface area contributed by atoms with Crippen LogP contribution in [-0.2, 0) is 28.2 Å². The lowest BCUT2D eigenvalue weighted by molar-refractivity contribution is -0.161. The van der Waals surface area contributed by atoms with Gasteiger partial charge in [0, 0.05) is 12.8 Å². The lowest BCUT2D eigenvalue weighted by Gasteiger charge is -2.18. The normalized spacial score (nSPS) is 12.8. The smallest absolute Gasteiger partial charge is 0.462 e. The van der Waals surface area contributed by atoms with Gasteiger partial charge in [0.15, 0.2) is 6.10 Å². The molecule has 0 saturated carbocycles. The first-order valence-corrected chi connectivity index (χ1v) is 23.3. The molecule has 0 amide bonds. The third-order valence-electron chi connectivity index (χ3n) is 9.38. The molecule has 8 nitrogen and oxygen atoms in total. The highest BCUT2D eigenvalue weighted by atomic mass is 31.2. The number of phosphoric ester groups is 1. The SMILES string of the molecule is CCCCC/C=C\C/C=C\CCCCCCCCCCCC(=O)O[C@H](COC(=O)CCCCCCC/C=C\CCCCCCCCC)COP(=O)(O)O. The number of rotatable bonds is 40. The minimum atomic E-state index is -4.76. The molecule has 0 aromatic heterocycles. The van der Waals surface area contributed by atoms with E-state index in [0.717, 1.165) is 64.2 Å². The van der Waals surface area contributed by atoms with Crippen LogP contribution in [0.2, 0.25) is 0 Å². The van der Waals surface area contributed by atoms with Gasteiger partial charge in [0.2, 0.25) is 0 Å². The van der Waals surface area contributed by atoms with Crippen LogP contribution in [0.15, 0.2) is 36.5 Å². The molecule has 0 heterocycles. The van der Waals surface area contributed by atoms with E-state index in [-0.39, 0.29) is 19.4 Å². The van der Waals surface area contributed by atoms with Crippen molar-refractivity contribution < 1.29 is 37.9 Å². The van der Waals surface area contributed by atoms with Crippen molar-refractivity contribution in [2.75, 3.05) is 13.2 Å². The van der Waals surface area contributed by atoms with E-state index < -0.39 is 32.5 Å². The van der Waals surface area contributed by atoms with Gasteiger partial charge in [0.1, 0.15) is 6.61 Å². The van der Waals surface area contributed by atoms with Crippen molar-refractivity contribution in [2.24, 2.45) is 0 Å². The molecule has 0 aromatic carbocycles. The quantitative estimate of drug-likeness (QED) is 0.0274. The van der Waals surface area contributed by atoms with Gasteiger partial charge in [0.25, 0.3) is 0 Å². The number of hydrogen-bond acceptors (Lipinski definition) is 6. The molecule has 0 spiro atoms. The molecule has 0 aliphatic heterocycles. The molecule has 0 bridgehead atoms. The molecule has 0 rings (SSSR count). The van der Waals surface area contributed by atoms with Crippen LogP contribution in [0.25, 0.3) is 0 Å². The third kappa shape index (κ3) is 42.9. The molecular formula is C44H81O8P. The third-order valence-corrected chi connectivity index (χ3v) is 9.87. The Balaban J connectivity index is 3.91. The number of unbranched alkanes of at least 4 members (excludes halogenated alkanes) is 24. The van der Waals surface area contributed by atoms with E-state index in [9.17, 15) is 14.2 Å². The maximum absolute atomic E-state index is 12.4. The summed E-state index contributed by atoms with van der Waals surface area (Å²) in [6, 6.07) is 0. The van der Waals surface area contributed by atoms with Crippen LogP contribution in [-0.4, -0.2) is 41.0 Å². The molecule has 2 N–H and O–H groups in total. The van der Waals surface area contributed by atoms with Crippen LogP contribution in [0.5, 0.6) is 0 Å². The topological polar surface area (TPSA) is 119 Å². The summed E-state index contributed by atoms with van der Waals surface area (Å²) < 4.78 is 26.4. The molecule has 0 aliphatic rings. The Morgan fingerprint density at radius 2 is 0.849 bits per heavy atom. The van der Waals surface area contributed by atoms with Crippen molar-refractivity contribution >= 4 is 19.8 Å². The first-order valence-electron chi connectivity index (χ1n) is 21.8. The van der Waals surface area contributed by atoms with E-state index in [1.165, 1.54) is 109 Å². The Bertz CT molecular complexity index is 957. The van der Waals surface area contributed by atoms with Crippen LogP contribution in [0, 0.1) is 0 Å². The number of hydrogen-bond donors (Lipinski definition) is 2. The van der Waals surface area contributed by atoms with Gasteiger partial charge < -0.3 is 19.3 Å². The summed E-state index contributed by atoms with van der Waals surface area (Å²) in [6.07, 6.45) is 47.2. The zero-order valence-corrected chi connectivity index (χ0v) is 35.1. The van der Waals surface area contributed by atoms with Crippen LogP contribution < -0.4 is 0 Å². The number of carbonyl (C=O) groups is 2. The Morgan fingerprint density at radius 1 is 0.491 bits per heavy atom. The summed E-state index contributed by atoms with van der Waals surface area (Å²) in [6.45, 7) is 3.66. The average molecular weight is 769 g/mol. The molecule has 310 valence electrons. The minimum Gasteiger partial charge on any atom is -0.462 e. The molecule has 0 aromatic rings. The van der Waals surface area contributed by atoms with E-state index >= 15 is 0 Å². The lowest BCUT2D eigenvalue weighted by atomic mass is 10.1. The van der Waals surface area contributed by atoms with Crippen LogP contribution in [0.1, 0.15) is 213 Å². The lowest BCUT2D eigenvalue weighted by Crippen LogP contribution is -2.29. The van der Waals surface area contributed by atoms with E-state index in [4.69, 9.17) is 19.3 Å². The largest absolute Gasteiger partial charge is 0.469 e. The van der Waals surface area contributed by atoms with E-state index in [1.807, 2.05) is 0 Å². The van der Waals surface area contributed by atoms with E-state index in [1.54, 1.807) is 0 Å². The highest BCUT2D eigenvalue weighted by molar-refractivity contribution is 7.46. The summed E-state index contributed by atoms with van der Waals surface area (Å²) in [5.41, 5.74) is 0. The van der Waals surface area contributed by atoms with Gasteiger partial charge in [-0.05, 0) is 70.6 Å². The number of esters is 2. The Morgan fingerprint density at radius 3 is 1.30 bits per heavy atom. The first kappa shape index (κ1) is 51.3. The van der Waals surface area contributed by atoms with Gasteiger partial charge >= 0.3 is 19.8 Å². The van der Waals surface area contributed by atoms with Crippen molar-refractivity contribution in [2.45, 2.75) is 219 Å². The maximum Gasteiger partial charge on any atom is 0.469 e. The maximum atomic E-state index is 12.4. The minimum absolute atomic E-state index is 0.206. The summed E-state index contributed by atoms with van der Waals surface area (Å²) >= 11 is 0. The molecule has 0 unspecified atom stereocenters. The molecule has 0 fully saturated rings. The predicted molar refractivity (Wildman–Crippen MR) is 221 cm³/mol. The second kappa shape index (κ2) is 39.9. The van der Waals surface area contributed by atoms with Crippen molar-refractivity contribution in [1.29, 1.82) is 0 Å². The number of ether oxygens (including phenoxy) is 2. The van der Waals surface area contributed by atoms with Crippen molar-refractivity contribution in [3.8, 4) is 0 Å². The molecule has 0 aliphatic carbocycles. The molecule has 53 heavy (non-hydrogen) atoms. The molecule has 1 atom stereocenters. The van der Waals surface area contributed by atoms with Crippen LogP contribution >= 0.6 is 7.82 Å². The van der Waals surface area contributed by atoms with Gasteiger partial charge in [-0.15, -0.1) is 0 Å². The van der Waals surface area contributed by atoms with E-state index in [0.29, 0.717) is 12.8 Å². The monoisotopic (exact) mass is 769 g/mol.